The van der Waals surface area contributed by atoms with Crippen LogP contribution >= 0.6 is 116 Å². The molecule has 0 saturated carbocycles. The minimum Gasteiger partial charge on any atom is -0.507 e. The molecule has 6 aromatic rings. The average molecular weight is 2250 g/mol. The predicted octanol–water partition coefficient (Wildman–Crippen LogP) is 28.1. The van der Waals surface area contributed by atoms with Crippen molar-refractivity contribution in [2.24, 2.45) is 22.9 Å². The fourth-order valence-corrected chi connectivity index (χ4v) is 15.4. The standard InChI is InChI=1S/C48H76N2O4.C20H20N2O4.2C8H12N2.2C7H3Cl2NO2.2C6H15N.2CHCl3.2CH4/c1-5-9-13-17-21-25-33-49(34-26-22-18-14-10-6-2)39-29-31-41(43(51)37-39)45-47(53)46(48(45)54)42-32-30-40(38-44(42)52)50(35-27-23-19-15-11-7-3)36-28-24-20-16-12-8-4;1-21(2)11-5-7-13(15(23)9-11)17-19(25)18(20(17)26)14-8-6-12(22(3)4)10-16(14)24;2*9-5-7-1-2-8(6-10)4-3-7;2*8-6(11)4-2-1-3-5(10-4)7(9)12;2*1-4-7(5-2)6-3;2*2-1(3)4;;/h29-32,37-38,51,53H,5-28,33-36H2,1-4H3;5-10,23,25H,1-4H3;2*1-4H,5-6,9-10H2;2*1-3H;2*4-6H2,1-3H3;2*1H;2*1H4/b;18-14+;;;;;;;;;;. The highest BCUT2D eigenvalue weighted by Gasteiger charge is 2.41. The lowest BCUT2D eigenvalue weighted by atomic mass is 9.79. The average Bonchev–Trinajstić information content (AvgIpc) is 0.740. The van der Waals surface area contributed by atoms with Gasteiger partial charge in [0, 0.05) is 150 Å². The van der Waals surface area contributed by atoms with E-state index in [1.807, 2.05) is 93.8 Å². The van der Waals surface area contributed by atoms with E-state index < -0.39 is 41.1 Å². The number of likely N-dealkylation sites (N-methyl/N-ethyl adjacent to an activating group) is 1. The van der Waals surface area contributed by atoms with Gasteiger partial charge in [-0.15, -0.1) is 0 Å². The van der Waals surface area contributed by atoms with Gasteiger partial charge in [-0.05, 0) is 206 Å². The normalized spacial score (nSPS) is 13.4. The monoisotopic (exact) mass is 2240 g/mol. The van der Waals surface area contributed by atoms with Gasteiger partial charge in [0.15, 0.2) is 20.2 Å². The van der Waals surface area contributed by atoms with E-state index in [4.69, 9.17) is 139 Å². The van der Waals surface area contributed by atoms with Gasteiger partial charge in [0.1, 0.15) is 45.8 Å². The van der Waals surface area contributed by atoms with Gasteiger partial charge < -0.3 is 72.8 Å². The van der Waals surface area contributed by atoms with Gasteiger partial charge in [0.25, 0.3) is 21.0 Å². The molecule has 2 aromatic heterocycles. The van der Waals surface area contributed by atoms with E-state index in [0.717, 1.165) is 91.2 Å². The summed E-state index contributed by atoms with van der Waals surface area (Å²) in [6, 6.07) is 34.9. The van der Waals surface area contributed by atoms with Crippen molar-refractivity contribution in [3.05, 3.63) is 259 Å². The van der Waals surface area contributed by atoms with Crippen molar-refractivity contribution in [2.75, 3.05) is 103 Å². The number of rotatable bonds is 48. The molecule has 24 nitrogen and oxygen atoms in total. The van der Waals surface area contributed by atoms with Crippen LogP contribution in [0, 0.1) is 0 Å². The summed E-state index contributed by atoms with van der Waals surface area (Å²) in [6.45, 7) is 35.3. The minimum absolute atomic E-state index is 0. The molecular weight excluding hydrogens is 2080 g/mol. The summed E-state index contributed by atoms with van der Waals surface area (Å²) in [7, 11) is 7.29. The molecule has 0 radical (unpaired) electrons. The number of hydrogen-bond acceptors (Lipinski definition) is 24. The van der Waals surface area contributed by atoms with Gasteiger partial charge in [0.2, 0.25) is 11.6 Å². The lowest BCUT2D eigenvalue weighted by Crippen LogP contribution is -2.29. The topological polar surface area (TPSA) is 367 Å². The number of hydrogen-bond donors (Lipinski definition) is 8. The van der Waals surface area contributed by atoms with Crippen molar-refractivity contribution < 1.29 is 58.8 Å². The second-order valence-corrected chi connectivity index (χ2v) is 39.9. The van der Waals surface area contributed by atoms with Gasteiger partial charge in [-0.3, -0.25) is 38.4 Å². The summed E-state index contributed by atoms with van der Waals surface area (Å²) in [5, 5.41) is 40.2. The molecule has 0 amide bonds. The molecule has 0 bridgehead atoms. The number of allylic oxidation sites excluding steroid dienone is 12. The zero-order valence-electron chi connectivity index (χ0n) is 87.8. The summed E-state index contributed by atoms with van der Waals surface area (Å²) in [5.74, 6) is -2.03. The van der Waals surface area contributed by atoms with Crippen LogP contribution in [0.3, 0.4) is 0 Å². The highest BCUT2D eigenvalue weighted by Crippen LogP contribution is 2.45. The third-order valence-electron chi connectivity index (χ3n) is 23.7. The van der Waals surface area contributed by atoms with Gasteiger partial charge in [-0.25, -0.2) is 9.97 Å². The van der Waals surface area contributed by atoms with Gasteiger partial charge in [0.05, 0.1) is 22.3 Å². The molecule has 34 heteroatoms. The number of pyridine rings is 2. The number of aliphatic hydroxyl groups excluding tert-OH is 2. The predicted molar refractivity (Wildman–Crippen MR) is 626 cm³/mol. The second kappa shape index (κ2) is 83.1. The number of nitrogens with two attached hydrogens (primary N) is 4. The van der Waals surface area contributed by atoms with Crippen LogP contribution < -0.4 is 32.7 Å². The zero-order valence-corrected chi connectivity index (χ0v) is 95.3. The number of phenols is 2. The number of benzene rings is 4. The lowest BCUT2D eigenvalue weighted by Gasteiger charge is -2.29. The van der Waals surface area contributed by atoms with Crippen molar-refractivity contribution in [1.82, 2.24) is 29.6 Å². The third kappa shape index (κ3) is 55.2. The largest absolute Gasteiger partial charge is 0.507 e. The molecule has 12 N–H and O–H groups in total. The van der Waals surface area contributed by atoms with Crippen molar-refractivity contribution in [1.29, 1.82) is 0 Å². The number of nitrogens with zero attached hydrogens (tertiary/aromatic N) is 8. The molecule has 4 aliphatic carbocycles. The van der Waals surface area contributed by atoms with Crippen LogP contribution in [0.25, 0.3) is 11.1 Å². The number of halogens is 10. The fraction of sp³-hybridized carbons (Fsp3) is 0.491. The van der Waals surface area contributed by atoms with Gasteiger partial charge in [-0.2, -0.15) is 0 Å². The molecular formula is C114H166Cl10N12O12. The van der Waals surface area contributed by atoms with Gasteiger partial charge >= 0.3 is 0 Å². The molecule has 0 aliphatic heterocycles. The molecule has 4 aromatic carbocycles. The van der Waals surface area contributed by atoms with Crippen molar-refractivity contribution in [2.45, 2.75) is 273 Å². The number of carbonyl (C=O) groups excluding carboxylic acids is 8. The Morgan fingerprint density at radius 1 is 0.324 bits per heavy atom. The Balaban J connectivity index is 0. The van der Waals surface area contributed by atoms with Gasteiger partial charge in [-0.1, -0.05) is 343 Å². The number of phenolic OH excluding ortho intramolecular Hbond substituents is 2. The third-order valence-corrected chi connectivity index (χ3v) is 24.5. The highest BCUT2D eigenvalue weighted by molar-refractivity contribution is 6.69. The smallest absolute Gasteiger partial charge is 0.270 e. The SMILES string of the molecule is C.C.CCCCCCCCN(CCCCCCCC)C1=CC(=O)C(=C2C(=O)C(c3ccc(N(CCCCCCCC)CCCCCCCC)cc3O)=C2O)C=C1.CCN(CC)CC.CCN(CC)CC.CN(C)C1=CC(=O)/C(=C2/C(=O)C(c3ccc(N(C)C)cc3O)=C2O)C=C1.ClC(Cl)Cl.ClC(Cl)Cl.NCc1ccc(CN)cc1.NCc1ccc(CN)cc1.O=C(Cl)c1cccc(C(=O)Cl)n1.O=C(Cl)c1cccc(C(=O)Cl)n1. The van der Waals surface area contributed by atoms with Crippen LogP contribution in [-0.4, -0.2) is 196 Å². The zero-order chi connectivity index (χ0) is 110. The van der Waals surface area contributed by atoms with Crippen molar-refractivity contribution in [3.63, 3.8) is 0 Å². The highest BCUT2D eigenvalue weighted by atomic mass is 35.6. The molecule has 148 heavy (non-hydrogen) atoms. The first-order valence-corrected chi connectivity index (χ1v) is 54.7. The molecule has 4 aliphatic rings. The Hall–Kier alpha value is -8.48. The molecule has 2 heterocycles. The quantitative estimate of drug-likeness (QED) is 0.00761. The number of Topliss-reactive ketones (excluding diaryl/α,β-unsaturated/α-hetero) is 2. The number of anilines is 2. The summed E-state index contributed by atoms with van der Waals surface area (Å²) < 4.78 is -1.50. The lowest BCUT2D eigenvalue weighted by molar-refractivity contribution is -0.114. The summed E-state index contributed by atoms with van der Waals surface area (Å²) in [5.41, 5.74) is 30.7. The Morgan fingerprint density at radius 3 is 0.804 bits per heavy atom. The number of alkyl halides is 6. The van der Waals surface area contributed by atoms with Crippen LogP contribution in [-0.2, 0) is 45.4 Å². The molecule has 824 valence electrons. The van der Waals surface area contributed by atoms with E-state index in [0.29, 0.717) is 37.4 Å². The fourth-order valence-electron chi connectivity index (χ4n) is 15.0. The van der Waals surface area contributed by atoms with Crippen LogP contribution in [0.2, 0.25) is 0 Å². The number of aromatic nitrogens is 2. The molecule has 0 saturated heterocycles. The maximum absolute atomic E-state index is 13.6. The minimum atomic E-state index is -0.750. The molecule has 0 spiro atoms. The van der Waals surface area contributed by atoms with E-state index in [1.54, 1.807) is 47.4 Å². The number of carbonyl (C=O) groups is 8. The molecule has 10 rings (SSSR count). The Morgan fingerprint density at radius 2 is 0.574 bits per heavy atom. The number of aliphatic hydroxyl groups is 2. The Labute approximate surface area is 933 Å². The van der Waals surface area contributed by atoms with Crippen LogP contribution in [0.1, 0.15) is 314 Å². The molecule has 0 fully saturated rings. The maximum Gasteiger partial charge on any atom is 0.270 e. The first-order valence-electron chi connectivity index (χ1n) is 50.5. The maximum atomic E-state index is 13.6. The summed E-state index contributed by atoms with van der Waals surface area (Å²) >= 11 is 49.3. The van der Waals surface area contributed by atoms with Crippen LogP contribution in [0.5, 0.6) is 11.5 Å². The van der Waals surface area contributed by atoms with E-state index in [9.17, 15) is 58.8 Å². The molecule has 0 unspecified atom stereocenters. The van der Waals surface area contributed by atoms with E-state index >= 15 is 0 Å². The summed E-state index contributed by atoms with van der Waals surface area (Å²) in [4.78, 5) is 115. The number of unbranched alkanes of at least 4 members (excludes halogenated alkanes) is 20. The van der Waals surface area contributed by atoms with Crippen LogP contribution in [0.4, 0.5) is 11.4 Å². The second-order valence-electron chi connectivity index (χ2n) is 34.5. The summed E-state index contributed by atoms with van der Waals surface area (Å²) in [6.07, 6.45) is 39.3. The van der Waals surface area contributed by atoms with E-state index in [1.165, 1.54) is 222 Å². The number of ketones is 4. The molecule has 0 atom stereocenters. The number of aromatic hydroxyl groups is 2. The first-order chi connectivity index (χ1) is 69.7. The van der Waals surface area contributed by atoms with Crippen molar-refractivity contribution >= 4 is 183 Å². The first kappa shape index (κ1) is 142. The van der Waals surface area contributed by atoms with E-state index in [-0.39, 0.29) is 111 Å². The van der Waals surface area contributed by atoms with E-state index in [2.05, 4.69) is 98.8 Å². The van der Waals surface area contributed by atoms with Crippen LogP contribution in [0.15, 0.2) is 203 Å². The Kier molecular flexibility index (Phi) is 79.5. The van der Waals surface area contributed by atoms with Crippen molar-refractivity contribution in [3.8, 4) is 11.5 Å². The Bertz CT molecular complexity index is 4910.